The van der Waals surface area contributed by atoms with Crippen LogP contribution in [0.2, 0.25) is 0 Å². The molecule has 0 unspecified atom stereocenters. The molecule has 2 N–H and O–H groups in total. The monoisotopic (exact) mass is 533 g/mol. The zero-order chi connectivity index (χ0) is 26.9. The largest absolute Gasteiger partial charge is 0.472 e. The van der Waals surface area contributed by atoms with Crippen LogP contribution in [0.4, 0.5) is 10.2 Å². The van der Waals surface area contributed by atoms with E-state index in [0.717, 1.165) is 85.9 Å². The van der Waals surface area contributed by atoms with E-state index in [1.807, 2.05) is 17.1 Å². The fourth-order valence-corrected chi connectivity index (χ4v) is 5.95. The van der Waals surface area contributed by atoms with Crippen LogP contribution in [0.15, 0.2) is 36.9 Å². The molecule has 39 heavy (non-hydrogen) atoms. The van der Waals surface area contributed by atoms with Gasteiger partial charge in [-0.25, -0.2) is 14.4 Å². The lowest BCUT2D eigenvalue weighted by molar-refractivity contribution is 0.108. The highest BCUT2D eigenvalue weighted by molar-refractivity contribution is 5.93. The molecule has 2 aliphatic rings. The van der Waals surface area contributed by atoms with Gasteiger partial charge >= 0.3 is 0 Å². The fraction of sp³-hybridized carbons (Fsp3) is 0.517. The van der Waals surface area contributed by atoms with Crippen molar-refractivity contribution in [2.24, 2.45) is 0 Å². The van der Waals surface area contributed by atoms with E-state index in [0.29, 0.717) is 11.6 Å². The van der Waals surface area contributed by atoms with Crippen LogP contribution in [0.25, 0.3) is 22.2 Å². The Morgan fingerprint density at radius 2 is 1.82 bits per heavy atom. The minimum atomic E-state index is -0.379. The van der Waals surface area contributed by atoms with Crippen molar-refractivity contribution < 1.29 is 14.2 Å². The molecule has 4 aromatic rings. The first kappa shape index (κ1) is 25.7. The molecule has 0 aromatic carbocycles. The Kier molecular flexibility index (Phi) is 7.20. The number of halogens is 1. The summed E-state index contributed by atoms with van der Waals surface area (Å²) in [7, 11) is 0. The minimum absolute atomic E-state index is 0.0717. The van der Waals surface area contributed by atoms with Gasteiger partial charge in [0.05, 0.1) is 29.9 Å². The summed E-state index contributed by atoms with van der Waals surface area (Å²) in [4.78, 5) is 8.74. The zero-order valence-corrected chi connectivity index (χ0v) is 22.6. The van der Waals surface area contributed by atoms with Crippen LogP contribution in [-0.2, 0) is 0 Å². The summed E-state index contributed by atoms with van der Waals surface area (Å²) in [5.74, 6) is 0.541. The number of anilines is 1. The number of aryl methyl sites for hydroxylation is 1. The Hall–Kier alpha value is -3.53. The second-order valence-corrected chi connectivity index (χ2v) is 10.9. The number of aliphatic hydroxyl groups is 1. The normalized spacial score (nSPS) is 23.7. The lowest BCUT2D eigenvalue weighted by Gasteiger charge is -2.29. The van der Waals surface area contributed by atoms with Crippen molar-refractivity contribution in [3.05, 3.63) is 48.3 Å². The quantitative estimate of drug-likeness (QED) is 0.318. The van der Waals surface area contributed by atoms with Crippen molar-refractivity contribution >= 4 is 16.7 Å². The molecule has 2 aliphatic carbocycles. The van der Waals surface area contributed by atoms with E-state index in [2.05, 4.69) is 44.3 Å². The van der Waals surface area contributed by atoms with E-state index < -0.39 is 0 Å². The third-order valence-electron chi connectivity index (χ3n) is 8.18. The second-order valence-electron chi connectivity index (χ2n) is 10.9. The lowest BCUT2D eigenvalue weighted by atomic mass is 9.93. The number of hydrogen-bond acceptors (Lipinski definition) is 7. The predicted octanol–water partition coefficient (Wildman–Crippen LogP) is 5.61. The van der Waals surface area contributed by atoms with E-state index in [1.165, 1.54) is 0 Å². The lowest BCUT2D eigenvalue weighted by Crippen LogP contribution is -2.27. The fourth-order valence-electron chi connectivity index (χ4n) is 5.95. The number of nitrogens with zero attached hydrogens (tertiary/aromatic N) is 6. The third kappa shape index (κ3) is 5.22. The summed E-state index contributed by atoms with van der Waals surface area (Å²) in [5, 5.41) is 24.0. The van der Waals surface area contributed by atoms with Gasteiger partial charge in [-0.3, -0.25) is 9.36 Å². The molecule has 0 saturated heterocycles. The summed E-state index contributed by atoms with van der Waals surface area (Å²) in [6.07, 6.45) is 14.0. The summed E-state index contributed by atoms with van der Waals surface area (Å²) in [6, 6.07) is 4.23. The maximum Gasteiger partial charge on any atom is 0.250 e. The maximum absolute atomic E-state index is 14.4. The van der Waals surface area contributed by atoms with Crippen molar-refractivity contribution in [1.82, 2.24) is 29.5 Å². The molecule has 10 heteroatoms. The molecule has 4 heterocycles. The smallest absolute Gasteiger partial charge is 0.250 e. The average Bonchev–Trinajstić information content (AvgIpc) is 3.58. The van der Waals surface area contributed by atoms with Crippen molar-refractivity contribution in [2.75, 3.05) is 11.9 Å². The maximum atomic E-state index is 14.4. The predicted molar refractivity (Wildman–Crippen MR) is 147 cm³/mol. The minimum Gasteiger partial charge on any atom is -0.472 e. The molecule has 9 nitrogen and oxygen atoms in total. The summed E-state index contributed by atoms with van der Waals surface area (Å²) < 4.78 is 24.6. The SMILES string of the molecule is CCNc1cc2c(cn1)c(-c1cnn(C3CCC(O)CC3)c1)nn2C1CCC(Oc2nccc(C)c2F)CC1. The molecular formula is C29H36FN7O2. The van der Waals surface area contributed by atoms with E-state index in [4.69, 9.17) is 9.84 Å². The average molecular weight is 534 g/mol. The van der Waals surface area contributed by atoms with Gasteiger partial charge < -0.3 is 15.2 Å². The number of aromatic nitrogens is 6. The van der Waals surface area contributed by atoms with Gasteiger partial charge in [-0.2, -0.15) is 10.2 Å². The number of ether oxygens (including phenoxy) is 1. The van der Waals surface area contributed by atoms with Crippen LogP contribution >= 0.6 is 0 Å². The molecule has 206 valence electrons. The Morgan fingerprint density at radius 3 is 2.59 bits per heavy atom. The Bertz CT molecular complexity index is 1430. The number of hydrogen-bond donors (Lipinski definition) is 2. The molecular weight excluding hydrogens is 497 g/mol. The number of nitrogens with one attached hydrogen (secondary N) is 1. The highest BCUT2D eigenvalue weighted by Crippen LogP contribution is 2.37. The third-order valence-corrected chi connectivity index (χ3v) is 8.18. The molecule has 0 atom stereocenters. The molecule has 0 spiro atoms. The van der Waals surface area contributed by atoms with Gasteiger partial charge in [-0.05, 0) is 76.8 Å². The van der Waals surface area contributed by atoms with Crippen LogP contribution in [-0.4, -0.2) is 53.4 Å². The van der Waals surface area contributed by atoms with Crippen LogP contribution in [0.1, 0.15) is 75.9 Å². The molecule has 6 rings (SSSR count). The second kappa shape index (κ2) is 10.9. The van der Waals surface area contributed by atoms with Crippen molar-refractivity contribution in [2.45, 2.75) is 89.5 Å². The molecule has 2 saturated carbocycles. The molecule has 2 fully saturated rings. The Labute approximate surface area is 227 Å². The van der Waals surface area contributed by atoms with Crippen molar-refractivity contribution in [1.29, 1.82) is 0 Å². The van der Waals surface area contributed by atoms with Crippen LogP contribution < -0.4 is 10.1 Å². The number of fused-ring (bicyclic) bond motifs is 1. The first-order chi connectivity index (χ1) is 19.0. The van der Waals surface area contributed by atoms with Crippen LogP contribution in [0, 0.1) is 12.7 Å². The van der Waals surface area contributed by atoms with Crippen molar-refractivity contribution in [3.63, 3.8) is 0 Å². The summed E-state index contributed by atoms with van der Waals surface area (Å²) in [5.41, 5.74) is 3.44. The van der Waals surface area contributed by atoms with E-state index in [-0.39, 0.29) is 29.9 Å². The molecule has 0 radical (unpaired) electrons. The van der Waals surface area contributed by atoms with Gasteiger partial charge in [0.1, 0.15) is 17.6 Å². The van der Waals surface area contributed by atoms with E-state index in [9.17, 15) is 9.50 Å². The van der Waals surface area contributed by atoms with Crippen molar-refractivity contribution in [3.8, 4) is 17.1 Å². The first-order valence-electron chi connectivity index (χ1n) is 14.1. The van der Waals surface area contributed by atoms with Gasteiger partial charge in [0.25, 0.3) is 5.88 Å². The van der Waals surface area contributed by atoms with Gasteiger partial charge in [0.2, 0.25) is 0 Å². The van der Waals surface area contributed by atoms with Gasteiger partial charge in [-0.1, -0.05) is 0 Å². The van der Waals surface area contributed by atoms with Gasteiger partial charge in [-0.15, -0.1) is 0 Å². The number of aliphatic hydroxyl groups excluding tert-OH is 1. The summed E-state index contributed by atoms with van der Waals surface area (Å²) in [6.45, 7) is 4.57. The zero-order valence-electron chi connectivity index (χ0n) is 22.6. The topological polar surface area (TPSA) is 103 Å². The van der Waals surface area contributed by atoms with Gasteiger partial charge in [0.15, 0.2) is 5.82 Å². The number of pyridine rings is 2. The molecule has 0 aliphatic heterocycles. The molecule has 0 bridgehead atoms. The highest BCUT2D eigenvalue weighted by Gasteiger charge is 2.28. The first-order valence-corrected chi connectivity index (χ1v) is 14.1. The van der Waals surface area contributed by atoms with Crippen LogP contribution in [0.5, 0.6) is 5.88 Å². The molecule has 0 amide bonds. The standard InChI is InChI=1S/C29H36FN7O2/c1-3-31-26-14-25-24(16-33-26)28(19-15-34-36(17-19)20-4-8-22(38)9-5-20)35-37(25)21-6-10-23(11-7-21)39-29-27(30)18(2)12-13-32-29/h12-17,20-23,38H,3-11H2,1-2H3,(H,31,33). The van der Waals surface area contributed by atoms with E-state index >= 15 is 0 Å². The highest BCUT2D eigenvalue weighted by atomic mass is 19.1. The molecule has 4 aromatic heterocycles. The summed E-state index contributed by atoms with van der Waals surface area (Å²) >= 11 is 0. The Morgan fingerprint density at radius 1 is 1.05 bits per heavy atom. The Balaban J connectivity index is 1.25. The van der Waals surface area contributed by atoms with E-state index in [1.54, 1.807) is 19.2 Å². The van der Waals surface area contributed by atoms with Crippen LogP contribution in [0.3, 0.4) is 0 Å². The number of rotatable bonds is 7. The van der Waals surface area contributed by atoms with Gasteiger partial charge in [0, 0.05) is 42.2 Å².